The molecule has 1 heterocycles. The first kappa shape index (κ1) is 12.2. The van der Waals surface area contributed by atoms with E-state index < -0.39 is 0 Å². The van der Waals surface area contributed by atoms with E-state index in [-0.39, 0.29) is 0 Å². The van der Waals surface area contributed by atoms with Gasteiger partial charge < -0.3 is 5.32 Å². The van der Waals surface area contributed by atoms with E-state index in [9.17, 15) is 0 Å². The molecular weight excluding hydrogens is 188 g/mol. The third-order valence-electron chi connectivity index (χ3n) is 2.37. The van der Waals surface area contributed by atoms with Crippen LogP contribution in [0.1, 0.15) is 45.9 Å². The highest BCUT2D eigenvalue weighted by atomic mass is 15.4. The van der Waals surface area contributed by atoms with Crippen LogP contribution in [0.3, 0.4) is 0 Å². The van der Waals surface area contributed by atoms with Crippen molar-refractivity contribution >= 4 is 0 Å². The summed E-state index contributed by atoms with van der Waals surface area (Å²) in [6.07, 6.45) is 2.93. The highest BCUT2D eigenvalue weighted by Gasteiger charge is 2.21. The standard InChI is InChI=1S/C11H22N4/c1-6-12-9(7-11(2,3)4)10-8-13-14-15(10)5/h8-9,12H,6-7H2,1-5H3. The molecule has 0 fully saturated rings. The van der Waals surface area contributed by atoms with Gasteiger partial charge in [0.25, 0.3) is 0 Å². The smallest absolute Gasteiger partial charge is 0.0753 e. The van der Waals surface area contributed by atoms with Gasteiger partial charge in [0.05, 0.1) is 17.9 Å². The lowest BCUT2D eigenvalue weighted by molar-refractivity contribution is 0.306. The van der Waals surface area contributed by atoms with E-state index in [2.05, 4.69) is 43.3 Å². The second-order valence-corrected chi connectivity index (χ2v) is 5.16. The van der Waals surface area contributed by atoms with Crippen molar-refractivity contribution in [2.24, 2.45) is 12.5 Å². The Kier molecular flexibility index (Phi) is 3.85. The number of aryl methyl sites for hydroxylation is 1. The number of nitrogens with zero attached hydrogens (tertiary/aromatic N) is 3. The largest absolute Gasteiger partial charge is 0.309 e. The van der Waals surface area contributed by atoms with Crippen molar-refractivity contribution in [2.75, 3.05) is 6.54 Å². The van der Waals surface area contributed by atoms with Gasteiger partial charge >= 0.3 is 0 Å². The fraction of sp³-hybridized carbons (Fsp3) is 0.818. The SMILES string of the molecule is CCNC(CC(C)(C)C)c1cnnn1C. The molecule has 0 saturated heterocycles. The number of hydrogen-bond acceptors (Lipinski definition) is 3. The lowest BCUT2D eigenvalue weighted by atomic mass is 9.87. The number of aromatic nitrogens is 3. The van der Waals surface area contributed by atoms with Gasteiger partial charge in [0, 0.05) is 7.05 Å². The molecule has 0 radical (unpaired) electrons. The zero-order chi connectivity index (χ0) is 11.5. The van der Waals surface area contributed by atoms with Crippen LogP contribution in [-0.4, -0.2) is 21.5 Å². The monoisotopic (exact) mass is 210 g/mol. The molecule has 0 amide bonds. The van der Waals surface area contributed by atoms with Crippen LogP contribution in [0.2, 0.25) is 0 Å². The first-order valence-corrected chi connectivity index (χ1v) is 5.52. The summed E-state index contributed by atoms with van der Waals surface area (Å²) in [5.41, 5.74) is 1.46. The van der Waals surface area contributed by atoms with Crippen LogP contribution < -0.4 is 5.32 Å². The number of nitrogens with one attached hydrogen (secondary N) is 1. The summed E-state index contributed by atoms with van der Waals surface area (Å²) in [5, 5.41) is 11.4. The number of rotatable bonds is 4. The second kappa shape index (κ2) is 4.75. The van der Waals surface area contributed by atoms with Crippen molar-refractivity contribution < 1.29 is 0 Å². The lowest BCUT2D eigenvalue weighted by Crippen LogP contribution is -2.27. The molecule has 4 nitrogen and oxygen atoms in total. The molecule has 1 rings (SSSR count). The maximum Gasteiger partial charge on any atom is 0.0753 e. The van der Waals surface area contributed by atoms with Crippen LogP contribution >= 0.6 is 0 Å². The van der Waals surface area contributed by atoms with E-state index in [4.69, 9.17) is 0 Å². The summed E-state index contributed by atoms with van der Waals surface area (Å²) in [4.78, 5) is 0. The van der Waals surface area contributed by atoms with Gasteiger partial charge in [0.2, 0.25) is 0 Å². The highest BCUT2D eigenvalue weighted by molar-refractivity contribution is 5.02. The van der Waals surface area contributed by atoms with E-state index in [1.165, 1.54) is 0 Å². The van der Waals surface area contributed by atoms with Crippen molar-refractivity contribution in [2.45, 2.75) is 40.2 Å². The summed E-state index contributed by atoms with van der Waals surface area (Å²) < 4.78 is 1.85. The molecule has 1 aromatic rings. The van der Waals surface area contributed by atoms with Gasteiger partial charge in [-0.25, -0.2) is 0 Å². The molecule has 0 aliphatic carbocycles. The molecule has 1 N–H and O–H groups in total. The predicted molar refractivity (Wildman–Crippen MR) is 61.5 cm³/mol. The zero-order valence-corrected chi connectivity index (χ0v) is 10.4. The van der Waals surface area contributed by atoms with E-state index in [1.54, 1.807) is 0 Å². The minimum Gasteiger partial charge on any atom is -0.309 e. The average Bonchev–Trinajstić information content (AvgIpc) is 2.48. The third-order valence-corrected chi connectivity index (χ3v) is 2.37. The summed E-state index contributed by atoms with van der Waals surface area (Å²) in [7, 11) is 1.94. The molecule has 0 aliphatic rings. The molecule has 1 unspecified atom stereocenters. The highest BCUT2D eigenvalue weighted by Crippen LogP contribution is 2.28. The van der Waals surface area contributed by atoms with Crippen molar-refractivity contribution in [1.29, 1.82) is 0 Å². The van der Waals surface area contributed by atoms with Crippen LogP contribution in [-0.2, 0) is 7.05 Å². The fourth-order valence-electron chi connectivity index (χ4n) is 1.75. The minimum absolute atomic E-state index is 0.303. The molecule has 0 bridgehead atoms. The quantitative estimate of drug-likeness (QED) is 0.825. The summed E-state index contributed by atoms with van der Waals surface area (Å²) >= 11 is 0. The Morgan fingerprint density at radius 3 is 2.53 bits per heavy atom. The maximum atomic E-state index is 3.98. The van der Waals surface area contributed by atoms with Gasteiger partial charge in [-0.05, 0) is 18.4 Å². The Labute approximate surface area is 92.1 Å². The van der Waals surface area contributed by atoms with Crippen LogP contribution in [0, 0.1) is 5.41 Å². The minimum atomic E-state index is 0.303. The normalized spacial score (nSPS) is 14.2. The second-order valence-electron chi connectivity index (χ2n) is 5.16. The van der Waals surface area contributed by atoms with Crippen molar-refractivity contribution in [1.82, 2.24) is 20.3 Å². The van der Waals surface area contributed by atoms with Crippen LogP contribution in [0.15, 0.2) is 6.20 Å². The molecule has 0 spiro atoms. The summed E-state index contributed by atoms with van der Waals surface area (Å²) in [5.74, 6) is 0. The Morgan fingerprint density at radius 2 is 2.13 bits per heavy atom. The van der Waals surface area contributed by atoms with Crippen molar-refractivity contribution in [3.8, 4) is 0 Å². The molecule has 15 heavy (non-hydrogen) atoms. The van der Waals surface area contributed by atoms with Gasteiger partial charge in [0.1, 0.15) is 0 Å². The average molecular weight is 210 g/mol. The zero-order valence-electron chi connectivity index (χ0n) is 10.4. The van der Waals surface area contributed by atoms with Gasteiger partial charge in [-0.2, -0.15) is 0 Å². The number of hydrogen-bond donors (Lipinski definition) is 1. The maximum absolute atomic E-state index is 3.98. The topological polar surface area (TPSA) is 42.7 Å². The van der Waals surface area contributed by atoms with Gasteiger partial charge in [-0.1, -0.05) is 32.9 Å². The molecule has 4 heteroatoms. The van der Waals surface area contributed by atoms with Crippen LogP contribution in [0.5, 0.6) is 0 Å². The van der Waals surface area contributed by atoms with Gasteiger partial charge in [-0.3, -0.25) is 4.68 Å². The molecular formula is C11H22N4. The fourth-order valence-corrected chi connectivity index (χ4v) is 1.75. The van der Waals surface area contributed by atoms with E-state index in [0.29, 0.717) is 11.5 Å². The molecule has 1 aromatic heterocycles. The summed E-state index contributed by atoms with van der Waals surface area (Å²) in [6.45, 7) is 9.84. The van der Waals surface area contributed by atoms with Crippen molar-refractivity contribution in [3.63, 3.8) is 0 Å². The molecule has 86 valence electrons. The Bertz CT molecular complexity index is 298. The molecule has 0 aliphatic heterocycles. The van der Waals surface area contributed by atoms with Gasteiger partial charge in [-0.15, -0.1) is 5.10 Å². The first-order chi connectivity index (χ1) is 6.94. The molecule has 0 aromatic carbocycles. The van der Waals surface area contributed by atoms with Crippen LogP contribution in [0.4, 0.5) is 0 Å². The lowest BCUT2D eigenvalue weighted by Gasteiger charge is -2.26. The van der Waals surface area contributed by atoms with Crippen LogP contribution in [0.25, 0.3) is 0 Å². The van der Waals surface area contributed by atoms with Gasteiger partial charge in [0.15, 0.2) is 0 Å². The Hall–Kier alpha value is -0.900. The molecule has 0 saturated carbocycles. The summed E-state index contributed by atoms with van der Waals surface area (Å²) in [6, 6.07) is 0.343. The Balaban J connectivity index is 2.79. The van der Waals surface area contributed by atoms with E-state index in [1.807, 2.05) is 17.9 Å². The molecule has 1 atom stereocenters. The van der Waals surface area contributed by atoms with E-state index >= 15 is 0 Å². The first-order valence-electron chi connectivity index (χ1n) is 5.52. The Morgan fingerprint density at radius 1 is 1.47 bits per heavy atom. The van der Waals surface area contributed by atoms with Crippen molar-refractivity contribution in [3.05, 3.63) is 11.9 Å². The predicted octanol–water partition coefficient (Wildman–Crippen LogP) is 1.90. The van der Waals surface area contributed by atoms with E-state index in [0.717, 1.165) is 18.7 Å². The third kappa shape index (κ3) is 3.63.